The lowest BCUT2D eigenvalue weighted by Gasteiger charge is -2.24. The minimum absolute atomic E-state index is 0.757. The van der Waals surface area contributed by atoms with Crippen molar-refractivity contribution >= 4 is 0 Å². The predicted octanol–water partition coefficient (Wildman–Crippen LogP) is 5.58. The van der Waals surface area contributed by atoms with Crippen molar-refractivity contribution in [1.82, 2.24) is 0 Å². The molecule has 0 aromatic heterocycles. The molecule has 0 radical (unpaired) electrons. The van der Waals surface area contributed by atoms with Gasteiger partial charge in [0, 0.05) is 13.2 Å². The Labute approximate surface area is 115 Å². The third-order valence-electron chi connectivity index (χ3n) is 4.54. The lowest BCUT2D eigenvalue weighted by atomic mass is 9.84. The van der Waals surface area contributed by atoms with Crippen LogP contribution >= 0.6 is 0 Å². The van der Waals surface area contributed by atoms with Gasteiger partial charge in [-0.15, -0.1) is 0 Å². The van der Waals surface area contributed by atoms with Crippen molar-refractivity contribution in [3.63, 3.8) is 0 Å². The van der Waals surface area contributed by atoms with E-state index in [4.69, 9.17) is 4.74 Å². The molecule has 1 heteroatoms. The summed E-state index contributed by atoms with van der Waals surface area (Å²) in [4.78, 5) is 0. The Morgan fingerprint density at radius 2 is 1.28 bits per heavy atom. The van der Waals surface area contributed by atoms with Crippen LogP contribution in [-0.2, 0) is 4.74 Å². The van der Waals surface area contributed by atoms with Gasteiger partial charge in [0.15, 0.2) is 0 Å². The first-order valence-corrected chi connectivity index (χ1v) is 8.42. The normalized spacial score (nSPS) is 23.0. The standard InChI is InChI=1S/C17H34O/c1-3-18-15-16(2)17-13-11-9-7-5-4-6-8-10-12-14-17/h16-17H,3-15H2,1-2H3. The highest BCUT2D eigenvalue weighted by molar-refractivity contribution is 4.68. The summed E-state index contributed by atoms with van der Waals surface area (Å²) in [5, 5.41) is 0. The molecule has 0 saturated heterocycles. The van der Waals surface area contributed by atoms with Gasteiger partial charge in [-0.3, -0.25) is 0 Å². The van der Waals surface area contributed by atoms with E-state index in [9.17, 15) is 0 Å². The van der Waals surface area contributed by atoms with E-state index in [-0.39, 0.29) is 0 Å². The van der Waals surface area contributed by atoms with E-state index in [0.717, 1.165) is 25.0 Å². The molecule has 0 amide bonds. The molecular weight excluding hydrogens is 220 g/mol. The van der Waals surface area contributed by atoms with E-state index in [1.54, 1.807) is 0 Å². The molecule has 0 aromatic rings. The summed E-state index contributed by atoms with van der Waals surface area (Å²) in [6.07, 6.45) is 16.0. The molecule has 1 saturated carbocycles. The van der Waals surface area contributed by atoms with Crippen LogP contribution in [0.5, 0.6) is 0 Å². The second-order valence-electron chi connectivity index (χ2n) is 6.16. The Bertz CT molecular complexity index is 166. The second-order valence-corrected chi connectivity index (χ2v) is 6.16. The number of hydrogen-bond donors (Lipinski definition) is 0. The molecule has 0 aliphatic heterocycles. The molecule has 0 aromatic carbocycles. The Morgan fingerprint density at radius 1 is 0.833 bits per heavy atom. The largest absolute Gasteiger partial charge is 0.381 e. The maximum Gasteiger partial charge on any atom is 0.0494 e. The van der Waals surface area contributed by atoms with Crippen molar-refractivity contribution in [2.24, 2.45) is 11.8 Å². The Kier molecular flexibility index (Phi) is 9.65. The maximum atomic E-state index is 5.62. The molecule has 1 fully saturated rings. The number of ether oxygens (including phenoxy) is 1. The quantitative estimate of drug-likeness (QED) is 0.636. The smallest absolute Gasteiger partial charge is 0.0494 e. The maximum absolute atomic E-state index is 5.62. The monoisotopic (exact) mass is 254 g/mol. The van der Waals surface area contributed by atoms with Crippen LogP contribution in [0.1, 0.15) is 84.5 Å². The van der Waals surface area contributed by atoms with E-state index in [1.165, 1.54) is 70.6 Å². The lowest BCUT2D eigenvalue weighted by molar-refractivity contribution is 0.0869. The fourth-order valence-electron chi connectivity index (χ4n) is 3.20. The molecule has 1 nitrogen and oxygen atoms in total. The molecule has 0 bridgehead atoms. The van der Waals surface area contributed by atoms with Crippen LogP contribution in [0.2, 0.25) is 0 Å². The van der Waals surface area contributed by atoms with Gasteiger partial charge in [0.25, 0.3) is 0 Å². The highest BCUT2D eigenvalue weighted by Gasteiger charge is 2.17. The van der Waals surface area contributed by atoms with Gasteiger partial charge in [0.1, 0.15) is 0 Å². The first kappa shape index (κ1) is 16.0. The SMILES string of the molecule is CCOCC(C)C1CCCCCCCCCCC1. The second kappa shape index (κ2) is 10.8. The van der Waals surface area contributed by atoms with Gasteiger partial charge < -0.3 is 4.74 Å². The Hall–Kier alpha value is -0.0400. The van der Waals surface area contributed by atoms with Crippen molar-refractivity contribution in [3.05, 3.63) is 0 Å². The first-order chi connectivity index (χ1) is 8.84. The van der Waals surface area contributed by atoms with Crippen molar-refractivity contribution in [3.8, 4) is 0 Å². The van der Waals surface area contributed by atoms with Crippen LogP contribution in [0.15, 0.2) is 0 Å². The van der Waals surface area contributed by atoms with Crippen LogP contribution in [0.3, 0.4) is 0 Å². The lowest BCUT2D eigenvalue weighted by Crippen LogP contribution is -2.18. The first-order valence-electron chi connectivity index (χ1n) is 8.42. The summed E-state index contributed by atoms with van der Waals surface area (Å²) in [6, 6.07) is 0. The van der Waals surface area contributed by atoms with E-state index in [2.05, 4.69) is 13.8 Å². The molecule has 108 valence electrons. The summed E-state index contributed by atoms with van der Waals surface area (Å²) in [7, 11) is 0. The van der Waals surface area contributed by atoms with Crippen LogP contribution in [-0.4, -0.2) is 13.2 Å². The van der Waals surface area contributed by atoms with Crippen molar-refractivity contribution in [2.75, 3.05) is 13.2 Å². The van der Waals surface area contributed by atoms with Gasteiger partial charge in [0.05, 0.1) is 0 Å². The zero-order valence-electron chi connectivity index (χ0n) is 12.8. The third kappa shape index (κ3) is 7.41. The zero-order chi connectivity index (χ0) is 13.1. The highest BCUT2D eigenvalue weighted by atomic mass is 16.5. The predicted molar refractivity (Wildman–Crippen MR) is 79.9 cm³/mol. The van der Waals surface area contributed by atoms with Crippen LogP contribution < -0.4 is 0 Å². The van der Waals surface area contributed by atoms with E-state index >= 15 is 0 Å². The highest BCUT2D eigenvalue weighted by Crippen LogP contribution is 2.27. The van der Waals surface area contributed by atoms with Crippen molar-refractivity contribution < 1.29 is 4.74 Å². The fraction of sp³-hybridized carbons (Fsp3) is 1.00. The fourth-order valence-corrected chi connectivity index (χ4v) is 3.20. The van der Waals surface area contributed by atoms with Gasteiger partial charge in [-0.2, -0.15) is 0 Å². The summed E-state index contributed by atoms with van der Waals surface area (Å²) in [5.74, 6) is 1.67. The van der Waals surface area contributed by atoms with Crippen LogP contribution in [0.25, 0.3) is 0 Å². The van der Waals surface area contributed by atoms with Gasteiger partial charge in [-0.25, -0.2) is 0 Å². The molecule has 1 unspecified atom stereocenters. The molecule has 1 aliphatic rings. The molecule has 1 atom stereocenters. The minimum atomic E-state index is 0.757. The summed E-state index contributed by atoms with van der Waals surface area (Å²) >= 11 is 0. The topological polar surface area (TPSA) is 9.23 Å². The minimum Gasteiger partial charge on any atom is -0.381 e. The molecule has 0 spiro atoms. The van der Waals surface area contributed by atoms with Gasteiger partial charge >= 0.3 is 0 Å². The average Bonchev–Trinajstić information content (AvgIpc) is 2.36. The Balaban J connectivity index is 2.30. The number of rotatable bonds is 4. The van der Waals surface area contributed by atoms with Crippen LogP contribution in [0.4, 0.5) is 0 Å². The molecule has 1 aliphatic carbocycles. The molecule has 1 rings (SSSR count). The van der Waals surface area contributed by atoms with Crippen molar-refractivity contribution in [2.45, 2.75) is 84.5 Å². The van der Waals surface area contributed by atoms with E-state index in [0.29, 0.717) is 0 Å². The third-order valence-corrected chi connectivity index (χ3v) is 4.54. The molecule has 0 N–H and O–H groups in total. The zero-order valence-corrected chi connectivity index (χ0v) is 12.8. The van der Waals surface area contributed by atoms with Crippen LogP contribution in [0, 0.1) is 11.8 Å². The van der Waals surface area contributed by atoms with Gasteiger partial charge in [0.2, 0.25) is 0 Å². The van der Waals surface area contributed by atoms with Gasteiger partial charge in [-0.05, 0) is 18.8 Å². The molecule has 18 heavy (non-hydrogen) atoms. The Morgan fingerprint density at radius 3 is 1.72 bits per heavy atom. The van der Waals surface area contributed by atoms with Gasteiger partial charge in [-0.1, -0.05) is 77.6 Å². The van der Waals surface area contributed by atoms with E-state index in [1.807, 2.05) is 0 Å². The summed E-state index contributed by atoms with van der Waals surface area (Å²) in [5.41, 5.74) is 0. The summed E-state index contributed by atoms with van der Waals surface area (Å²) in [6.45, 7) is 6.35. The number of hydrogen-bond acceptors (Lipinski definition) is 1. The summed E-state index contributed by atoms with van der Waals surface area (Å²) < 4.78 is 5.62. The molecule has 0 heterocycles. The molecular formula is C17H34O. The van der Waals surface area contributed by atoms with E-state index < -0.39 is 0 Å². The average molecular weight is 254 g/mol. The van der Waals surface area contributed by atoms with Crippen molar-refractivity contribution in [1.29, 1.82) is 0 Å².